The van der Waals surface area contributed by atoms with E-state index in [2.05, 4.69) is 30.8 Å². The molecule has 112 valence electrons. The van der Waals surface area contributed by atoms with E-state index in [1.165, 1.54) is 6.33 Å². The second kappa shape index (κ2) is 6.26. The van der Waals surface area contributed by atoms with Gasteiger partial charge in [-0.25, -0.2) is 15.0 Å². The maximum absolute atomic E-state index is 8.81. The molecule has 1 aliphatic rings. The monoisotopic (exact) mass is 296 g/mol. The Morgan fingerprint density at radius 2 is 1.77 bits per heavy atom. The highest BCUT2D eigenvalue weighted by Gasteiger charge is 2.19. The highest BCUT2D eigenvalue weighted by atomic mass is 16.5. The maximum atomic E-state index is 8.81. The molecule has 0 aliphatic carbocycles. The molecule has 3 heterocycles. The Hall–Kier alpha value is -2.88. The van der Waals surface area contributed by atoms with Gasteiger partial charge in [-0.2, -0.15) is 5.26 Å². The summed E-state index contributed by atoms with van der Waals surface area (Å²) in [7, 11) is 1.60. The largest absolute Gasteiger partial charge is 0.481 e. The smallest absolute Gasteiger partial charge is 0.218 e. The van der Waals surface area contributed by atoms with E-state index in [1.54, 1.807) is 19.4 Å². The first-order valence-electron chi connectivity index (χ1n) is 7.02. The van der Waals surface area contributed by atoms with Gasteiger partial charge in [0.15, 0.2) is 0 Å². The van der Waals surface area contributed by atoms with Crippen LogP contribution in [0.5, 0.6) is 5.88 Å². The van der Waals surface area contributed by atoms with Crippen molar-refractivity contribution in [2.45, 2.75) is 0 Å². The average molecular weight is 296 g/mol. The first-order chi connectivity index (χ1) is 10.8. The number of nitriles is 1. The fraction of sp³-hybridized carbons (Fsp3) is 0.333. The van der Waals surface area contributed by atoms with Gasteiger partial charge in [0.25, 0.3) is 0 Å². The van der Waals surface area contributed by atoms with Crippen molar-refractivity contribution < 1.29 is 4.74 Å². The first-order valence-corrected chi connectivity index (χ1v) is 7.02. The van der Waals surface area contributed by atoms with E-state index >= 15 is 0 Å². The minimum atomic E-state index is 0.571. The molecule has 0 aromatic carbocycles. The van der Waals surface area contributed by atoms with E-state index in [0.717, 1.165) is 37.8 Å². The SMILES string of the molecule is COc1cc(N2CCN(c3ccc(C#N)cn3)CC2)ncn1. The summed E-state index contributed by atoms with van der Waals surface area (Å²) in [6.45, 7) is 3.40. The predicted molar refractivity (Wildman–Crippen MR) is 82.0 cm³/mol. The molecule has 1 fully saturated rings. The number of pyridine rings is 1. The van der Waals surface area contributed by atoms with Crippen LogP contribution in [0, 0.1) is 11.3 Å². The van der Waals surface area contributed by atoms with Crippen molar-refractivity contribution in [1.82, 2.24) is 15.0 Å². The van der Waals surface area contributed by atoms with E-state index in [0.29, 0.717) is 11.4 Å². The number of hydrogen-bond donors (Lipinski definition) is 0. The molecule has 7 heteroatoms. The molecule has 0 radical (unpaired) electrons. The molecule has 0 spiro atoms. The zero-order valence-corrected chi connectivity index (χ0v) is 12.3. The van der Waals surface area contributed by atoms with Crippen LogP contribution in [0.1, 0.15) is 5.56 Å². The van der Waals surface area contributed by atoms with Crippen molar-refractivity contribution in [2.24, 2.45) is 0 Å². The highest BCUT2D eigenvalue weighted by Crippen LogP contribution is 2.19. The Kier molecular flexibility index (Phi) is 4.01. The number of ether oxygens (including phenoxy) is 1. The summed E-state index contributed by atoms with van der Waals surface area (Å²) in [6.07, 6.45) is 3.12. The number of methoxy groups -OCH3 is 1. The summed E-state index contributed by atoms with van der Waals surface area (Å²) in [6, 6.07) is 7.61. The molecule has 7 nitrogen and oxygen atoms in total. The second-order valence-corrected chi connectivity index (χ2v) is 4.91. The number of hydrogen-bond acceptors (Lipinski definition) is 7. The lowest BCUT2D eigenvalue weighted by Gasteiger charge is -2.36. The number of aromatic nitrogens is 3. The standard InChI is InChI=1S/C15H16N6O/c1-22-15-8-14(18-11-19-15)21-6-4-20(5-7-21)13-3-2-12(9-16)10-17-13/h2-3,8,10-11H,4-7H2,1H3. The molecule has 0 bridgehead atoms. The Labute approximate surface area is 128 Å². The summed E-state index contributed by atoms with van der Waals surface area (Å²) < 4.78 is 5.13. The van der Waals surface area contributed by atoms with Gasteiger partial charge in [0.1, 0.15) is 24.0 Å². The van der Waals surface area contributed by atoms with Crippen LogP contribution >= 0.6 is 0 Å². The number of anilines is 2. The van der Waals surface area contributed by atoms with Crippen LogP contribution in [0.3, 0.4) is 0 Å². The fourth-order valence-electron chi connectivity index (χ4n) is 2.42. The third-order valence-corrected chi connectivity index (χ3v) is 3.64. The quantitative estimate of drug-likeness (QED) is 0.838. The highest BCUT2D eigenvalue weighted by molar-refractivity contribution is 5.46. The average Bonchev–Trinajstić information content (AvgIpc) is 2.62. The van der Waals surface area contributed by atoms with Gasteiger partial charge in [0.05, 0.1) is 12.7 Å². The third kappa shape index (κ3) is 2.91. The van der Waals surface area contributed by atoms with E-state index < -0.39 is 0 Å². The van der Waals surface area contributed by atoms with Gasteiger partial charge in [0.2, 0.25) is 5.88 Å². The number of nitrogens with zero attached hydrogens (tertiary/aromatic N) is 6. The van der Waals surface area contributed by atoms with Crippen molar-refractivity contribution >= 4 is 11.6 Å². The topological polar surface area (TPSA) is 78.2 Å². The number of piperazine rings is 1. The zero-order valence-electron chi connectivity index (χ0n) is 12.3. The normalized spacial score (nSPS) is 14.5. The van der Waals surface area contributed by atoms with Gasteiger partial charge in [-0.05, 0) is 12.1 Å². The first kappa shape index (κ1) is 14.1. The van der Waals surface area contributed by atoms with Crippen molar-refractivity contribution in [2.75, 3.05) is 43.1 Å². The van der Waals surface area contributed by atoms with Gasteiger partial charge < -0.3 is 14.5 Å². The molecule has 2 aromatic heterocycles. The van der Waals surface area contributed by atoms with E-state index in [-0.39, 0.29) is 0 Å². The van der Waals surface area contributed by atoms with Crippen LogP contribution in [0.25, 0.3) is 0 Å². The molecule has 0 unspecified atom stereocenters. The fourth-order valence-corrected chi connectivity index (χ4v) is 2.42. The van der Waals surface area contributed by atoms with Gasteiger partial charge in [-0.15, -0.1) is 0 Å². The lowest BCUT2D eigenvalue weighted by atomic mass is 10.2. The van der Waals surface area contributed by atoms with E-state index in [4.69, 9.17) is 10.00 Å². The van der Waals surface area contributed by atoms with Crippen LogP contribution in [0.15, 0.2) is 30.7 Å². The van der Waals surface area contributed by atoms with Gasteiger partial charge in [-0.3, -0.25) is 0 Å². The van der Waals surface area contributed by atoms with Gasteiger partial charge >= 0.3 is 0 Å². The summed E-state index contributed by atoms with van der Waals surface area (Å²) in [5, 5.41) is 8.81. The summed E-state index contributed by atoms with van der Waals surface area (Å²) in [5.41, 5.74) is 0.579. The molecule has 0 saturated carbocycles. The minimum absolute atomic E-state index is 0.571. The van der Waals surface area contributed by atoms with Crippen LogP contribution < -0.4 is 14.5 Å². The van der Waals surface area contributed by atoms with Gasteiger partial charge in [0, 0.05) is 38.4 Å². The van der Waals surface area contributed by atoms with Crippen LogP contribution in [-0.4, -0.2) is 48.2 Å². The lowest BCUT2D eigenvalue weighted by Crippen LogP contribution is -2.47. The Morgan fingerprint density at radius 3 is 2.36 bits per heavy atom. The molecule has 0 atom stereocenters. The third-order valence-electron chi connectivity index (χ3n) is 3.64. The maximum Gasteiger partial charge on any atom is 0.218 e. The van der Waals surface area contributed by atoms with E-state index in [1.807, 2.05) is 12.1 Å². The Bertz CT molecular complexity index is 673. The molecule has 1 saturated heterocycles. The lowest BCUT2D eigenvalue weighted by molar-refractivity contribution is 0.396. The Balaban J connectivity index is 1.65. The van der Waals surface area contributed by atoms with Crippen LogP contribution in [0.4, 0.5) is 11.6 Å². The molecule has 2 aromatic rings. The summed E-state index contributed by atoms with van der Waals surface area (Å²) in [4.78, 5) is 17.1. The van der Waals surface area contributed by atoms with Crippen molar-refractivity contribution in [3.05, 3.63) is 36.3 Å². The molecule has 0 amide bonds. The van der Waals surface area contributed by atoms with Crippen LogP contribution in [0.2, 0.25) is 0 Å². The van der Waals surface area contributed by atoms with Crippen molar-refractivity contribution in [3.63, 3.8) is 0 Å². The minimum Gasteiger partial charge on any atom is -0.481 e. The van der Waals surface area contributed by atoms with E-state index in [9.17, 15) is 0 Å². The van der Waals surface area contributed by atoms with Crippen LogP contribution in [-0.2, 0) is 0 Å². The zero-order chi connectivity index (χ0) is 15.4. The molecular formula is C15H16N6O. The molecule has 0 N–H and O–H groups in total. The molecule has 22 heavy (non-hydrogen) atoms. The summed E-state index contributed by atoms with van der Waals surface area (Å²) >= 11 is 0. The predicted octanol–water partition coefficient (Wildman–Crippen LogP) is 1.08. The van der Waals surface area contributed by atoms with Crippen molar-refractivity contribution in [3.8, 4) is 11.9 Å². The number of rotatable bonds is 3. The Morgan fingerprint density at radius 1 is 1.05 bits per heavy atom. The molecular weight excluding hydrogens is 280 g/mol. The van der Waals surface area contributed by atoms with Gasteiger partial charge in [-0.1, -0.05) is 0 Å². The molecule has 1 aliphatic heterocycles. The van der Waals surface area contributed by atoms with Crippen molar-refractivity contribution in [1.29, 1.82) is 5.26 Å². The second-order valence-electron chi connectivity index (χ2n) is 4.91. The summed E-state index contributed by atoms with van der Waals surface area (Å²) in [5.74, 6) is 2.35. The molecule has 3 rings (SSSR count).